The fourth-order valence-electron chi connectivity index (χ4n) is 3.01. The standard InChI is InChI=1S/C18H24N4O3S/c1-25-18-6-3-2-5-16(18)21-26(23,24)14-7-8-17(15(19)13-14)22-11-4-9-20-10-12-22/h2-3,5-8,13,20-21H,4,9-12,19H2,1H3. The van der Waals surface area contributed by atoms with E-state index < -0.39 is 10.0 Å². The van der Waals surface area contributed by atoms with Gasteiger partial charge >= 0.3 is 0 Å². The van der Waals surface area contributed by atoms with Crippen molar-refractivity contribution in [1.29, 1.82) is 0 Å². The van der Waals surface area contributed by atoms with Crippen LogP contribution < -0.4 is 25.4 Å². The third-order valence-corrected chi connectivity index (χ3v) is 5.70. The molecule has 2 aromatic carbocycles. The van der Waals surface area contributed by atoms with Crippen LogP contribution in [-0.2, 0) is 10.0 Å². The van der Waals surface area contributed by atoms with Crippen LogP contribution in [0, 0.1) is 0 Å². The zero-order chi connectivity index (χ0) is 18.6. The number of nitrogens with zero attached hydrogens (tertiary/aromatic N) is 1. The van der Waals surface area contributed by atoms with Crippen LogP contribution >= 0.6 is 0 Å². The number of ether oxygens (including phenoxy) is 1. The number of hydrogen-bond donors (Lipinski definition) is 3. The van der Waals surface area contributed by atoms with Gasteiger partial charge in [0.05, 0.1) is 29.1 Å². The molecular weight excluding hydrogens is 352 g/mol. The van der Waals surface area contributed by atoms with E-state index in [4.69, 9.17) is 10.5 Å². The van der Waals surface area contributed by atoms with Gasteiger partial charge in [0.15, 0.2) is 0 Å². The Bertz CT molecular complexity index is 862. The van der Waals surface area contributed by atoms with Crippen LogP contribution in [0.1, 0.15) is 6.42 Å². The molecule has 7 nitrogen and oxygen atoms in total. The average Bonchev–Trinajstić information content (AvgIpc) is 2.91. The van der Waals surface area contributed by atoms with Gasteiger partial charge in [0.2, 0.25) is 0 Å². The SMILES string of the molecule is COc1ccccc1NS(=O)(=O)c1ccc(N2CCCNCC2)c(N)c1. The third kappa shape index (κ3) is 4.03. The molecule has 1 heterocycles. The predicted molar refractivity (Wildman–Crippen MR) is 104 cm³/mol. The molecule has 140 valence electrons. The van der Waals surface area contributed by atoms with E-state index in [-0.39, 0.29) is 4.90 Å². The lowest BCUT2D eigenvalue weighted by Crippen LogP contribution is -2.28. The fourth-order valence-corrected chi connectivity index (χ4v) is 4.11. The van der Waals surface area contributed by atoms with Crippen molar-refractivity contribution in [3.05, 3.63) is 42.5 Å². The monoisotopic (exact) mass is 376 g/mol. The molecule has 1 aliphatic heterocycles. The number of anilines is 3. The lowest BCUT2D eigenvalue weighted by molar-refractivity contribution is 0.417. The maximum atomic E-state index is 12.7. The van der Waals surface area contributed by atoms with Gasteiger partial charge < -0.3 is 20.7 Å². The summed E-state index contributed by atoms with van der Waals surface area (Å²) in [6, 6.07) is 11.7. The highest BCUT2D eigenvalue weighted by Crippen LogP contribution is 2.30. The number of methoxy groups -OCH3 is 1. The van der Waals surface area contributed by atoms with Gasteiger partial charge in [0.1, 0.15) is 5.75 Å². The van der Waals surface area contributed by atoms with Crippen LogP contribution in [0.3, 0.4) is 0 Å². The van der Waals surface area contributed by atoms with Crippen molar-refractivity contribution in [3.8, 4) is 5.75 Å². The van der Waals surface area contributed by atoms with Gasteiger partial charge in [-0.1, -0.05) is 12.1 Å². The molecule has 0 bridgehead atoms. The molecule has 0 aromatic heterocycles. The Labute approximate surface area is 154 Å². The van der Waals surface area contributed by atoms with E-state index in [2.05, 4.69) is 14.9 Å². The summed E-state index contributed by atoms with van der Waals surface area (Å²) >= 11 is 0. The van der Waals surface area contributed by atoms with E-state index in [1.54, 1.807) is 36.4 Å². The second-order valence-corrected chi connectivity index (χ2v) is 7.80. The molecule has 3 rings (SSSR count). The van der Waals surface area contributed by atoms with Crippen LogP contribution in [0.25, 0.3) is 0 Å². The molecule has 0 saturated carbocycles. The molecule has 0 spiro atoms. The van der Waals surface area contributed by atoms with Crippen molar-refractivity contribution < 1.29 is 13.2 Å². The minimum Gasteiger partial charge on any atom is -0.495 e. The topological polar surface area (TPSA) is 96.7 Å². The smallest absolute Gasteiger partial charge is 0.262 e. The first-order valence-corrected chi connectivity index (χ1v) is 10.0. The summed E-state index contributed by atoms with van der Waals surface area (Å²) in [4.78, 5) is 2.30. The third-order valence-electron chi connectivity index (χ3n) is 4.34. The van der Waals surface area contributed by atoms with E-state index >= 15 is 0 Å². The highest BCUT2D eigenvalue weighted by atomic mass is 32.2. The van der Waals surface area contributed by atoms with E-state index in [0.29, 0.717) is 17.1 Å². The molecule has 26 heavy (non-hydrogen) atoms. The second kappa shape index (κ2) is 7.84. The first-order chi connectivity index (χ1) is 12.5. The molecule has 0 aliphatic carbocycles. The van der Waals surface area contributed by atoms with Crippen molar-refractivity contribution in [1.82, 2.24) is 5.32 Å². The summed E-state index contributed by atoms with van der Waals surface area (Å²) < 4.78 is 33.2. The number of sulfonamides is 1. The Morgan fingerprint density at radius 2 is 1.96 bits per heavy atom. The average molecular weight is 376 g/mol. The first kappa shape index (κ1) is 18.3. The van der Waals surface area contributed by atoms with Gasteiger partial charge in [0.25, 0.3) is 10.0 Å². The molecule has 4 N–H and O–H groups in total. The summed E-state index contributed by atoms with van der Waals surface area (Å²) in [5.41, 5.74) is 7.88. The van der Waals surface area contributed by atoms with E-state index in [1.165, 1.54) is 13.2 Å². The molecule has 1 saturated heterocycles. The summed E-state index contributed by atoms with van der Waals surface area (Å²) in [6.45, 7) is 3.60. The maximum absolute atomic E-state index is 12.7. The maximum Gasteiger partial charge on any atom is 0.262 e. The molecule has 1 aliphatic rings. The lowest BCUT2D eigenvalue weighted by atomic mass is 10.2. The van der Waals surface area contributed by atoms with E-state index in [1.807, 2.05) is 0 Å². The molecule has 1 fully saturated rings. The zero-order valence-corrected chi connectivity index (χ0v) is 15.6. The normalized spacial score (nSPS) is 15.3. The minimum atomic E-state index is -3.76. The van der Waals surface area contributed by atoms with Crippen LogP contribution in [-0.4, -0.2) is 41.7 Å². The Balaban J connectivity index is 1.85. The van der Waals surface area contributed by atoms with Crippen LogP contribution in [0.15, 0.2) is 47.4 Å². The Kier molecular flexibility index (Phi) is 5.53. The second-order valence-electron chi connectivity index (χ2n) is 6.12. The van der Waals surface area contributed by atoms with E-state index in [0.717, 1.165) is 38.3 Å². The Hall–Kier alpha value is -2.45. The van der Waals surface area contributed by atoms with Crippen LogP contribution in [0.2, 0.25) is 0 Å². The fraction of sp³-hybridized carbons (Fsp3) is 0.333. The lowest BCUT2D eigenvalue weighted by Gasteiger charge is -2.24. The van der Waals surface area contributed by atoms with Gasteiger partial charge in [-0.3, -0.25) is 4.72 Å². The van der Waals surface area contributed by atoms with Gasteiger partial charge in [-0.2, -0.15) is 0 Å². The van der Waals surface area contributed by atoms with Gasteiger partial charge in [-0.15, -0.1) is 0 Å². The molecule has 8 heteroatoms. The summed E-state index contributed by atoms with van der Waals surface area (Å²) in [6.07, 6.45) is 1.02. The van der Waals surface area contributed by atoms with Crippen LogP contribution in [0.5, 0.6) is 5.75 Å². The van der Waals surface area contributed by atoms with E-state index in [9.17, 15) is 8.42 Å². The van der Waals surface area contributed by atoms with Crippen molar-refractivity contribution in [2.45, 2.75) is 11.3 Å². The first-order valence-electron chi connectivity index (χ1n) is 8.52. The Morgan fingerprint density at radius 1 is 1.15 bits per heavy atom. The number of nitrogens with one attached hydrogen (secondary N) is 2. The summed E-state index contributed by atoms with van der Waals surface area (Å²) in [5.74, 6) is 0.456. The molecular formula is C18H24N4O3S. The number of benzene rings is 2. The molecule has 0 atom stereocenters. The number of nitrogens with two attached hydrogens (primary N) is 1. The van der Waals surface area contributed by atoms with Crippen molar-refractivity contribution in [2.75, 3.05) is 48.6 Å². The van der Waals surface area contributed by atoms with Crippen molar-refractivity contribution in [3.63, 3.8) is 0 Å². The predicted octanol–water partition coefficient (Wildman–Crippen LogP) is 1.88. The summed E-state index contributed by atoms with van der Waals surface area (Å²) in [5, 5.41) is 3.34. The highest BCUT2D eigenvalue weighted by molar-refractivity contribution is 7.92. The largest absolute Gasteiger partial charge is 0.495 e. The number of nitrogen functional groups attached to an aromatic ring is 1. The molecule has 0 unspecified atom stereocenters. The number of para-hydroxylation sites is 2. The van der Waals surface area contributed by atoms with Gasteiger partial charge in [-0.05, 0) is 43.3 Å². The minimum absolute atomic E-state index is 0.123. The summed E-state index contributed by atoms with van der Waals surface area (Å²) in [7, 11) is -2.27. The van der Waals surface area contributed by atoms with Crippen LogP contribution in [0.4, 0.5) is 17.1 Å². The number of rotatable bonds is 5. The quantitative estimate of drug-likeness (QED) is 0.690. The molecule has 0 radical (unpaired) electrons. The van der Waals surface area contributed by atoms with Crippen molar-refractivity contribution in [2.24, 2.45) is 0 Å². The number of hydrogen-bond acceptors (Lipinski definition) is 6. The highest BCUT2D eigenvalue weighted by Gasteiger charge is 2.19. The molecule has 2 aromatic rings. The van der Waals surface area contributed by atoms with Gasteiger partial charge in [0, 0.05) is 19.6 Å². The Morgan fingerprint density at radius 3 is 2.73 bits per heavy atom. The molecule has 0 amide bonds. The zero-order valence-electron chi connectivity index (χ0n) is 14.7. The van der Waals surface area contributed by atoms with Gasteiger partial charge in [-0.25, -0.2) is 8.42 Å². The van der Waals surface area contributed by atoms with Crippen molar-refractivity contribution >= 4 is 27.1 Å².